The monoisotopic (exact) mass is 358 g/mol. The number of carbonyl (C=O) groups excluding carboxylic acids is 1. The van der Waals surface area contributed by atoms with Crippen molar-refractivity contribution in [3.63, 3.8) is 0 Å². The second-order valence-corrected chi connectivity index (χ2v) is 8.54. The van der Waals surface area contributed by atoms with E-state index in [1.54, 1.807) is 36.1 Å². The van der Waals surface area contributed by atoms with Gasteiger partial charge in [0.1, 0.15) is 6.04 Å². The molecule has 0 aliphatic carbocycles. The fourth-order valence-corrected chi connectivity index (χ4v) is 4.42. The molecule has 1 heterocycles. The zero-order valence-electron chi connectivity index (χ0n) is 13.7. The third-order valence-corrected chi connectivity index (χ3v) is 5.57. The molecule has 2 atom stereocenters. The van der Waals surface area contributed by atoms with E-state index < -0.39 is 16.1 Å². The molecule has 5 nitrogen and oxygen atoms in total. The lowest BCUT2D eigenvalue weighted by atomic mass is 10.00. The molecule has 1 amide bonds. The molecule has 0 N–H and O–H groups in total. The summed E-state index contributed by atoms with van der Waals surface area (Å²) in [4.78, 5) is 14.5. The van der Waals surface area contributed by atoms with Gasteiger partial charge in [-0.05, 0) is 43.9 Å². The van der Waals surface area contributed by atoms with Crippen LogP contribution in [0.5, 0.6) is 0 Å². The minimum absolute atomic E-state index is 0.165. The zero-order valence-corrected chi connectivity index (χ0v) is 15.3. The van der Waals surface area contributed by atoms with Crippen molar-refractivity contribution in [2.24, 2.45) is 5.92 Å². The maximum Gasteiger partial charge on any atom is 0.246 e. The van der Waals surface area contributed by atoms with Crippen molar-refractivity contribution >= 4 is 33.2 Å². The first-order chi connectivity index (χ1) is 10.7. The van der Waals surface area contributed by atoms with Crippen molar-refractivity contribution in [2.75, 3.05) is 23.7 Å². The van der Waals surface area contributed by atoms with E-state index in [-0.39, 0.29) is 5.91 Å². The van der Waals surface area contributed by atoms with Gasteiger partial charge in [0.25, 0.3) is 0 Å². The SMILES string of the molecule is C[C@@H]1CCCN(C(=O)[C@@H](C)N(c2cccc(Cl)c2)S(C)(=O)=O)C1. The van der Waals surface area contributed by atoms with Gasteiger partial charge in [-0.3, -0.25) is 9.10 Å². The van der Waals surface area contributed by atoms with Gasteiger partial charge < -0.3 is 4.90 Å². The predicted molar refractivity (Wildman–Crippen MR) is 93.2 cm³/mol. The van der Waals surface area contributed by atoms with Crippen molar-refractivity contribution in [3.05, 3.63) is 29.3 Å². The topological polar surface area (TPSA) is 57.7 Å². The molecule has 1 aliphatic heterocycles. The van der Waals surface area contributed by atoms with E-state index in [4.69, 9.17) is 11.6 Å². The van der Waals surface area contributed by atoms with Gasteiger partial charge in [0, 0.05) is 18.1 Å². The van der Waals surface area contributed by atoms with Crippen molar-refractivity contribution in [3.8, 4) is 0 Å². The van der Waals surface area contributed by atoms with Crippen LogP contribution in [0.25, 0.3) is 0 Å². The van der Waals surface area contributed by atoms with Gasteiger partial charge in [0.2, 0.25) is 15.9 Å². The molecule has 0 saturated carbocycles. The first-order valence-electron chi connectivity index (χ1n) is 7.74. The quantitative estimate of drug-likeness (QED) is 0.831. The highest BCUT2D eigenvalue weighted by molar-refractivity contribution is 7.92. The van der Waals surface area contributed by atoms with Crippen LogP contribution in [0.2, 0.25) is 5.02 Å². The van der Waals surface area contributed by atoms with E-state index >= 15 is 0 Å². The molecule has 128 valence electrons. The summed E-state index contributed by atoms with van der Waals surface area (Å²) in [6.45, 7) is 5.09. The Hall–Kier alpha value is -1.27. The highest BCUT2D eigenvalue weighted by Crippen LogP contribution is 2.26. The largest absolute Gasteiger partial charge is 0.341 e. The van der Waals surface area contributed by atoms with E-state index in [1.807, 2.05) is 0 Å². The van der Waals surface area contributed by atoms with Crippen LogP contribution in [0.4, 0.5) is 5.69 Å². The second-order valence-electron chi connectivity index (χ2n) is 6.25. The molecule has 0 radical (unpaired) electrons. The van der Waals surface area contributed by atoms with E-state index in [2.05, 4.69) is 6.92 Å². The number of rotatable bonds is 4. The Morgan fingerprint density at radius 1 is 1.43 bits per heavy atom. The first kappa shape index (κ1) is 18.1. The summed E-state index contributed by atoms with van der Waals surface area (Å²) in [5, 5.41) is 0.433. The number of amides is 1. The normalized spacial score (nSPS) is 20.2. The Balaban J connectivity index is 2.30. The maximum atomic E-state index is 12.8. The fraction of sp³-hybridized carbons (Fsp3) is 0.562. The molecule has 0 aromatic heterocycles. The van der Waals surface area contributed by atoms with Crippen LogP contribution in [0.1, 0.15) is 26.7 Å². The molecule has 1 fully saturated rings. The second kappa shape index (κ2) is 7.09. The molecule has 2 rings (SSSR count). The Morgan fingerprint density at radius 3 is 2.70 bits per heavy atom. The Morgan fingerprint density at radius 2 is 2.13 bits per heavy atom. The molecule has 1 aromatic carbocycles. The number of carbonyl (C=O) groups is 1. The molecule has 0 unspecified atom stereocenters. The van der Waals surface area contributed by atoms with Crippen LogP contribution in [0.15, 0.2) is 24.3 Å². The Kier molecular flexibility index (Phi) is 5.57. The van der Waals surface area contributed by atoms with Crippen LogP contribution >= 0.6 is 11.6 Å². The van der Waals surface area contributed by atoms with Gasteiger partial charge in [0.15, 0.2) is 0 Å². The fourth-order valence-electron chi connectivity index (χ4n) is 3.07. The number of nitrogens with zero attached hydrogens (tertiary/aromatic N) is 2. The molecular weight excluding hydrogens is 336 g/mol. The summed E-state index contributed by atoms with van der Waals surface area (Å²) in [7, 11) is -3.60. The van der Waals surface area contributed by atoms with Gasteiger partial charge in [-0.25, -0.2) is 8.42 Å². The minimum atomic E-state index is -3.60. The molecule has 1 aliphatic rings. The number of likely N-dealkylation sites (tertiary alicyclic amines) is 1. The van der Waals surface area contributed by atoms with Crippen molar-refractivity contribution in [2.45, 2.75) is 32.7 Å². The number of hydrogen-bond donors (Lipinski definition) is 0. The van der Waals surface area contributed by atoms with Crippen molar-refractivity contribution in [1.29, 1.82) is 0 Å². The summed E-state index contributed by atoms with van der Waals surface area (Å²) in [5.74, 6) is 0.278. The lowest BCUT2D eigenvalue weighted by Gasteiger charge is -2.36. The lowest BCUT2D eigenvalue weighted by molar-refractivity contribution is -0.133. The number of hydrogen-bond acceptors (Lipinski definition) is 3. The van der Waals surface area contributed by atoms with E-state index in [0.717, 1.165) is 23.4 Å². The Bertz CT molecular complexity index is 678. The maximum absolute atomic E-state index is 12.8. The van der Waals surface area contributed by atoms with Crippen molar-refractivity contribution < 1.29 is 13.2 Å². The molecule has 7 heteroatoms. The van der Waals surface area contributed by atoms with Crippen LogP contribution in [-0.2, 0) is 14.8 Å². The first-order valence-corrected chi connectivity index (χ1v) is 9.96. The van der Waals surface area contributed by atoms with Crippen LogP contribution in [0.3, 0.4) is 0 Å². The van der Waals surface area contributed by atoms with Gasteiger partial charge in [-0.15, -0.1) is 0 Å². The highest BCUT2D eigenvalue weighted by atomic mass is 35.5. The third kappa shape index (κ3) is 4.38. The van der Waals surface area contributed by atoms with E-state index in [9.17, 15) is 13.2 Å². The molecule has 1 saturated heterocycles. The van der Waals surface area contributed by atoms with Crippen molar-refractivity contribution in [1.82, 2.24) is 4.90 Å². The number of piperidine rings is 1. The standard InChI is InChI=1S/C16H23ClN2O3S/c1-12-6-5-9-18(11-12)16(20)13(2)19(23(3,21)22)15-8-4-7-14(17)10-15/h4,7-8,10,12-13H,5-6,9,11H2,1-3H3/t12-,13-/m1/s1. The predicted octanol–water partition coefficient (Wildman–Crippen LogP) is 2.75. The summed E-state index contributed by atoms with van der Waals surface area (Å²) in [5.41, 5.74) is 0.408. The molecule has 0 bridgehead atoms. The third-order valence-electron chi connectivity index (χ3n) is 4.10. The Labute approximate surface area is 143 Å². The number of benzene rings is 1. The summed E-state index contributed by atoms with van der Waals surface area (Å²) >= 11 is 5.97. The van der Waals surface area contributed by atoms with E-state index in [1.165, 1.54) is 0 Å². The molecule has 0 spiro atoms. The molecule has 1 aromatic rings. The molecular formula is C16H23ClN2O3S. The van der Waals surface area contributed by atoms with Gasteiger partial charge >= 0.3 is 0 Å². The number of sulfonamides is 1. The number of halogens is 1. The van der Waals surface area contributed by atoms with E-state index in [0.29, 0.717) is 29.7 Å². The summed E-state index contributed by atoms with van der Waals surface area (Å²) < 4.78 is 25.6. The average molecular weight is 359 g/mol. The van der Waals surface area contributed by atoms with Crippen LogP contribution in [-0.4, -0.2) is 44.6 Å². The smallest absolute Gasteiger partial charge is 0.246 e. The number of anilines is 1. The summed E-state index contributed by atoms with van der Waals surface area (Å²) in [6.07, 6.45) is 3.16. The van der Waals surface area contributed by atoms with Gasteiger partial charge in [0.05, 0.1) is 11.9 Å². The minimum Gasteiger partial charge on any atom is -0.341 e. The lowest BCUT2D eigenvalue weighted by Crippen LogP contribution is -2.51. The van der Waals surface area contributed by atoms with Gasteiger partial charge in [-0.1, -0.05) is 24.6 Å². The zero-order chi connectivity index (χ0) is 17.2. The van der Waals surface area contributed by atoms with Gasteiger partial charge in [-0.2, -0.15) is 0 Å². The highest BCUT2D eigenvalue weighted by Gasteiger charge is 2.33. The average Bonchev–Trinajstić information content (AvgIpc) is 2.45. The molecule has 23 heavy (non-hydrogen) atoms. The summed E-state index contributed by atoms with van der Waals surface area (Å²) in [6, 6.07) is 5.76. The van der Waals surface area contributed by atoms with Crippen LogP contribution in [0, 0.1) is 5.92 Å². The van der Waals surface area contributed by atoms with Crippen LogP contribution < -0.4 is 4.31 Å².